The lowest BCUT2D eigenvalue weighted by Gasteiger charge is -2.23. The van der Waals surface area contributed by atoms with Crippen molar-refractivity contribution in [1.82, 2.24) is 5.32 Å². The summed E-state index contributed by atoms with van der Waals surface area (Å²) >= 11 is 1.78. The Morgan fingerprint density at radius 3 is 3.14 bits per heavy atom. The van der Waals surface area contributed by atoms with Gasteiger partial charge < -0.3 is 10.1 Å². The van der Waals surface area contributed by atoms with E-state index < -0.39 is 0 Å². The first-order valence-corrected chi connectivity index (χ1v) is 6.13. The third-order valence-electron chi connectivity index (χ3n) is 2.70. The van der Waals surface area contributed by atoms with Crippen molar-refractivity contribution in [1.29, 1.82) is 0 Å². The van der Waals surface area contributed by atoms with Crippen molar-refractivity contribution in [3.05, 3.63) is 21.9 Å². The predicted octanol–water partition coefficient (Wildman–Crippen LogP) is 2.33. The van der Waals surface area contributed by atoms with E-state index in [1.165, 1.54) is 24.0 Å². The van der Waals surface area contributed by atoms with Crippen molar-refractivity contribution in [2.24, 2.45) is 0 Å². The lowest BCUT2D eigenvalue weighted by Crippen LogP contribution is -2.36. The average Bonchev–Trinajstić information content (AvgIpc) is 2.63. The van der Waals surface area contributed by atoms with Crippen LogP contribution in [0.25, 0.3) is 0 Å². The van der Waals surface area contributed by atoms with E-state index in [-0.39, 0.29) is 0 Å². The molecule has 1 N–H and O–H groups in total. The fraction of sp³-hybridized carbons (Fsp3) is 0.636. The van der Waals surface area contributed by atoms with E-state index in [0.29, 0.717) is 6.04 Å². The second kappa shape index (κ2) is 4.91. The highest BCUT2D eigenvalue weighted by Crippen LogP contribution is 2.14. The smallest absolute Gasteiger partial charge is 0.0619 e. The van der Waals surface area contributed by atoms with E-state index in [2.05, 4.69) is 23.0 Å². The molecule has 0 amide bonds. The molecule has 2 rings (SSSR count). The first-order valence-electron chi connectivity index (χ1n) is 5.19. The summed E-state index contributed by atoms with van der Waals surface area (Å²) in [5.74, 6) is 0. The zero-order valence-electron chi connectivity index (χ0n) is 8.58. The quantitative estimate of drug-likeness (QED) is 0.828. The van der Waals surface area contributed by atoms with Gasteiger partial charge in [-0.25, -0.2) is 0 Å². The fourth-order valence-corrected chi connectivity index (χ4v) is 2.58. The van der Waals surface area contributed by atoms with Crippen LogP contribution in [0.3, 0.4) is 0 Å². The summed E-state index contributed by atoms with van der Waals surface area (Å²) < 4.78 is 5.42. The van der Waals surface area contributed by atoms with E-state index in [1.807, 2.05) is 0 Å². The molecule has 0 saturated carbocycles. The molecule has 1 unspecified atom stereocenters. The molecule has 1 atom stereocenters. The van der Waals surface area contributed by atoms with Crippen molar-refractivity contribution in [3.63, 3.8) is 0 Å². The zero-order valence-corrected chi connectivity index (χ0v) is 9.40. The van der Waals surface area contributed by atoms with Crippen LogP contribution in [0.15, 0.2) is 10.8 Å². The lowest BCUT2D eigenvalue weighted by molar-refractivity contribution is 0.0699. The highest BCUT2D eigenvalue weighted by Gasteiger charge is 2.13. The first kappa shape index (κ1) is 10.1. The second-order valence-corrected chi connectivity index (χ2v) is 4.62. The van der Waals surface area contributed by atoms with Crippen LogP contribution in [0.4, 0.5) is 0 Å². The van der Waals surface area contributed by atoms with Gasteiger partial charge in [-0.1, -0.05) is 0 Å². The minimum Gasteiger partial charge on any atom is -0.380 e. The topological polar surface area (TPSA) is 21.3 Å². The largest absolute Gasteiger partial charge is 0.380 e. The SMILES string of the molecule is Cc1cscc1CNC1CCCOC1. The average molecular weight is 211 g/mol. The van der Waals surface area contributed by atoms with Crippen LogP contribution >= 0.6 is 11.3 Å². The summed E-state index contributed by atoms with van der Waals surface area (Å²) in [6, 6.07) is 0.558. The Bertz CT molecular complexity index is 279. The summed E-state index contributed by atoms with van der Waals surface area (Å²) in [5, 5.41) is 7.98. The van der Waals surface area contributed by atoms with Crippen LogP contribution in [0.5, 0.6) is 0 Å². The van der Waals surface area contributed by atoms with Crippen LogP contribution in [-0.2, 0) is 11.3 Å². The normalized spacial score (nSPS) is 22.5. The van der Waals surface area contributed by atoms with E-state index >= 15 is 0 Å². The van der Waals surface area contributed by atoms with E-state index in [4.69, 9.17) is 4.74 Å². The number of rotatable bonds is 3. The minimum atomic E-state index is 0.558. The van der Waals surface area contributed by atoms with Gasteiger partial charge in [-0.3, -0.25) is 0 Å². The van der Waals surface area contributed by atoms with E-state index in [9.17, 15) is 0 Å². The third kappa shape index (κ3) is 2.56. The number of aryl methyl sites for hydroxylation is 1. The fourth-order valence-electron chi connectivity index (χ4n) is 1.72. The van der Waals surface area contributed by atoms with Crippen LogP contribution in [0, 0.1) is 6.92 Å². The highest BCUT2D eigenvalue weighted by atomic mass is 32.1. The predicted molar refractivity (Wildman–Crippen MR) is 59.7 cm³/mol. The van der Waals surface area contributed by atoms with Crippen LogP contribution in [-0.4, -0.2) is 19.3 Å². The van der Waals surface area contributed by atoms with Gasteiger partial charge in [0.15, 0.2) is 0 Å². The van der Waals surface area contributed by atoms with Crippen LogP contribution < -0.4 is 5.32 Å². The van der Waals surface area contributed by atoms with E-state index in [1.54, 1.807) is 11.3 Å². The van der Waals surface area contributed by atoms with Gasteiger partial charge in [0.2, 0.25) is 0 Å². The van der Waals surface area contributed by atoms with Gasteiger partial charge in [-0.05, 0) is 41.7 Å². The molecule has 0 aliphatic carbocycles. The Labute approximate surface area is 89.3 Å². The second-order valence-electron chi connectivity index (χ2n) is 3.88. The summed E-state index contributed by atoms with van der Waals surface area (Å²) in [6.07, 6.45) is 2.45. The third-order valence-corrected chi connectivity index (χ3v) is 3.61. The minimum absolute atomic E-state index is 0.558. The molecule has 14 heavy (non-hydrogen) atoms. The van der Waals surface area contributed by atoms with Crippen LogP contribution in [0.2, 0.25) is 0 Å². The van der Waals surface area contributed by atoms with Crippen LogP contribution in [0.1, 0.15) is 24.0 Å². The maximum Gasteiger partial charge on any atom is 0.0619 e. The molecular formula is C11H17NOS. The Kier molecular flexibility index (Phi) is 3.56. The molecule has 0 spiro atoms. The number of hydrogen-bond donors (Lipinski definition) is 1. The molecule has 1 aliphatic heterocycles. The molecule has 2 heterocycles. The standard InChI is InChI=1S/C11H17NOS/c1-9-7-14-8-10(9)5-12-11-3-2-4-13-6-11/h7-8,11-12H,2-6H2,1H3. The molecule has 1 fully saturated rings. The van der Waals surface area contributed by atoms with E-state index in [0.717, 1.165) is 19.8 Å². The zero-order chi connectivity index (χ0) is 9.80. The molecule has 3 heteroatoms. The molecule has 0 bridgehead atoms. The summed E-state index contributed by atoms with van der Waals surface area (Å²) in [7, 11) is 0. The molecule has 1 aromatic rings. The van der Waals surface area contributed by atoms with Gasteiger partial charge in [0, 0.05) is 19.2 Å². The Balaban J connectivity index is 1.79. The Morgan fingerprint density at radius 2 is 2.50 bits per heavy atom. The van der Waals surface area contributed by atoms with Gasteiger partial charge in [-0.15, -0.1) is 0 Å². The number of thiophene rings is 1. The molecule has 1 aliphatic rings. The number of hydrogen-bond acceptors (Lipinski definition) is 3. The van der Waals surface area contributed by atoms with Crippen molar-refractivity contribution < 1.29 is 4.74 Å². The molecular weight excluding hydrogens is 194 g/mol. The van der Waals surface area contributed by atoms with Gasteiger partial charge >= 0.3 is 0 Å². The number of ether oxygens (including phenoxy) is 1. The van der Waals surface area contributed by atoms with Crippen molar-refractivity contribution >= 4 is 11.3 Å². The first-order chi connectivity index (χ1) is 6.86. The Hall–Kier alpha value is -0.380. The van der Waals surface area contributed by atoms with Crippen molar-refractivity contribution in [3.8, 4) is 0 Å². The van der Waals surface area contributed by atoms with Gasteiger partial charge in [0.1, 0.15) is 0 Å². The number of nitrogens with one attached hydrogen (secondary N) is 1. The van der Waals surface area contributed by atoms with Crippen molar-refractivity contribution in [2.75, 3.05) is 13.2 Å². The summed E-state index contributed by atoms with van der Waals surface area (Å²) in [6.45, 7) is 4.98. The molecule has 1 aromatic heterocycles. The summed E-state index contributed by atoms with van der Waals surface area (Å²) in [5.41, 5.74) is 2.83. The van der Waals surface area contributed by atoms with Gasteiger partial charge in [-0.2, -0.15) is 11.3 Å². The van der Waals surface area contributed by atoms with Gasteiger partial charge in [0.25, 0.3) is 0 Å². The lowest BCUT2D eigenvalue weighted by atomic mass is 10.1. The Morgan fingerprint density at radius 1 is 1.57 bits per heavy atom. The maximum absolute atomic E-state index is 5.42. The summed E-state index contributed by atoms with van der Waals surface area (Å²) in [4.78, 5) is 0. The molecule has 0 aromatic carbocycles. The molecule has 0 radical (unpaired) electrons. The molecule has 1 saturated heterocycles. The van der Waals surface area contributed by atoms with Gasteiger partial charge in [0.05, 0.1) is 6.61 Å². The molecule has 78 valence electrons. The maximum atomic E-state index is 5.42. The highest BCUT2D eigenvalue weighted by molar-refractivity contribution is 7.08. The molecule has 2 nitrogen and oxygen atoms in total. The van der Waals surface area contributed by atoms with Crippen molar-refractivity contribution in [2.45, 2.75) is 32.4 Å². The monoisotopic (exact) mass is 211 g/mol.